The van der Waals surface area contributed by atoms with E-state index in [9.17, 15) is 0 Å². The lowest BCUT2D eigenvalue weighted by molar-refractivity contribution is 0.771. The first kappa shape index (κ1) is 11.7. The molecule has 0 saturated carbocycles. The van der Waals surface area contributed by atoms with Crippen LogP contribution >= 0.6 is 0 Å². The number of nitrogens with zero attached hydrogens (tertiary/aromatic N) is 2. The number of hydrogen-bond donors (Lipinski definition) is 1. The van der Waals surface area contributed by atoms with Gasteiger partial charge in [-0.15, -0.1) is 0 Å². The van der Waals surface area contributed by atoms with Crippen LogP contribution in [0.1, 0.15) is 23.7 Å². The summed E-state index contributed by atoms with van der Waals surface area (Å²) in [5.41, 5.74) is 4.67. The molecule has 0 bridgehead atoms. The predicted octanol–water partition coefficient (Wildman–Crippen LogP) is 3.57. The maximum Gasteiger partial charge on any atom is 0.207 e. The minimum atomic E-state index is 0.912. The molecule has 2 aromatic rings. The van der Waals surface area contributed by atoms with E-state index in [-0.39, 0.29) is 0 Å². The minimum Gasteiger partial charge on any atom is -0.326 e. The summed E-state index contributed by atoms with van der Waals surface area (Å²) in [5, 5.41) is 3.38. The summed E-state index contributed by atoms with van der Waals surface area (Å²) in [7, 11) is 0. The lowest BCUT2D eigenvalue weighted by Gasteiger charge is -2.09. The van der Waals surface area contributed by atoms with Gasteiger partial charge in [0.05, 0.1) is 5.69 Å². The molecule has 0 radical (unpaired) electrons. The number of aromatic nitrogens is 2. The fourth-order valence-corrected chi connectivity index (χ4v) is 2.06. The average Bonchev–Trinajstić information content (AvgIpc) is 2.57. The van der Waals surface area contributed by atoms with E-state index in [0.29, 0.717) is 0 Å². The van der Waals surface area contributed by atoms with E-state index in [2.05, 4.69) is 60.0 Å². The van der Waals surface area contributed by atoms with Gasteiger partial charge < -0.3 is 9.88 Å². The third-order valence-corrected chi connectivity index (χ3v) is 2.72. The molecule has 0 fully saturated rings. The van der Waals surface area contributed by atoms with Crippen LogP contribution in [0.3, 0.4) is 0 Å². The Morgan fingerprint density at radius 2 is 1.76 bits per heavy atom. The SMILES string of the molecule is CCn1cc(C)nc1Nc1cc(C)cc(C)c1. The van der Waals surface area contributed by atoms with E-state index in [1.165, 1.54) is 11.1 Å². The van der Waals surface area contributed by atoms with Gasteiger partial charge in [-0.2, -0.15) is 0 Å². The third kappa shape index (κ3) is 2.67. The summed E-state index contributed by atoms with van der Waals surface area (Å²) < 4.78 is 2.12. The van der Waals surface area contributed by atoms with Crippen molar-refractivity contribution in [2.75, 3.05) is 5.32 Å². The second-order valence-electron chi connectivity index (χ2n) is 4.49. The average molecular weight is 229 g/mol. The van der Waals surface area contributed by atoms with Gasteiger partial charge in [-0.25, -0.2) is 4.98 Å². The molecule has 0 aliphatic heterocycles. The zero-order valence-electron chi connectivity index (χ0n) is 10.9. The molecule has 0 aliphatic carbocycles. The van der Waals surface area contributed by atoms with Gasteiger partial charge in [-0.1, -0.05) is 6.07 Å². The first-order chi connectivity index (χ1) is 8.08. The number of nitrogens with one attached hydrogen (secondary N) is 1. The molecule has 17 heavy (non-hydrogen) atoms. The van der Waals surface area contributed by atoms with Crippen molar-refractivity contribution in [2.45, 2.75) is 34.2 Å². The number of hydrogen-bond acceptors (Lipinski definition) is 2. The maximum absolute atomic E-state index is 4.49. The zero-order chi connectivity index (χ0) is 12.4. The highest BCUT2D eigenvalue weighted by Crippen LogP contribution is 2.19. The smallest absolute Gasteiger partial charge is 0.207 e. The molecule has 90 valence electrons. The summed E-state index contributed by atoms with van der Waals surface area (Å²) >= 11 is 0. The molecule has 1 aromatic carbocycles. The van der Waals surface area contributed by atoms with Crippen LogP contribution in [0.2, 0.25) is 0 Å². The van der Waals surface area contributed by atoms with Gasteiger partial charge in [0.15, 0.2) is 0 Å². The summed E-state index contributed by atoms with van der Waals surface area (Å²) in [6.07, 6.45) is 2.06. The van der Waals surface area contributed by atoms with Crippen LogP contribution in [0, 0.1) is 20.8 Å². The number of imidazole rings is 1. The van der Waals surface area contributed by atoms with Gasteiger partial charge >= 0.3 is 0 Å². The number of benzene rings is 1. The van der Waals surface area contributed by atoms with Crippen LogP contribution in [-0.4, -0.2) is 9.55 Å². The maximum atomic E-state index is 4.49. The van der Waals surface area contributed by atoms with Crippen molar-refractivity contribution in [3.05, 3.63) is 41.2 Å². The molecule has 1 heterocycles. The Bertz CT molecular complexity index is 506. The highest BCUT2D eigenvalue weighted by atomic mass is 15.2. The lowest BCUT2D eigenvalue weighted by Crippen LogP contribution is -2.01. The molecule has 0 amide bonds. The molecule has 0 spiro atoms. The summed E-state index contributed by atoms with van der Waals surface area (Å²) in [5.74, 6) is 0.912. The van der Waals surface area contributed by atoms with Crippen LogP contribution in [0.4, 0.5) is 11.6 Å². The van der Waals surface area contributed by atoms with Crippen LogP contribution in [0.25, 0.3) is 0 Å². The summed E-state index contributed by atoms with van der Waals surface area (Å²) in [4.78, 5) is 4.49. The first-order valence-electron chi connectivity index (χ1n) is 5.97. The fourth-order valence-electron chi connectivity index (χ4n) is 2.06. The Hall–Kier alpha value is -1.77. The molecular formula is C14H19N3. The lowest BCUT2D eigenvalue weighted by atomic mass is 10.1. The van der Waals surface area contributed by atoms with Crippen molar-refractivity contribution in [1.82, 2.24) is 9.55 Å². The molecule has 2 rings (SSSR count). The van der Waals surface area contributed by atoms with Gasteiger partial charge in [0.2, 0.25) is 5.95 Å². The Kier molecular flexibility index (Phi) is 3.18. The Balaban J connectivity index is 2.30. The minimum absolute atomic E-state index is 0.912. The number of aryl methyl sites for hydroxylation is 4. The van der Waals surface area contributed by atoms with Crippen LogP contribution in [0.5, 0.6) is 0 Å². The highest BCUT2D eigenvalue weighted by molar-refractivity contribution is 5.56. The molecule has 3 nitrogen and oxygen atoms in total. The zero-order valence-corrected chi connectivity index (χ0v) is 10.9. The molecule has 1 N–H and O–H groups in total. The molecule has 0 atom stereocenters. The molecule has 0 unspecified atom stereocenters. The van der Waals surface area contributed by atoms with Gasteiger partial charge in [0.25, 0.3) is 0 Å². The first-order valence-corrected chi connectivity index (χ1v) is 5.97. The Morgan fingerprint density at radius 3 is 2.35 bits per heavy atom. The standard InChI is InChI=1S/C14H19N3/c1-5-17-9-12(4)15-14(17)16-13-7-10(2)6-11(3)8-13/h6-9H,5H2,1-4H3,(H,15,16). The third-order valence-electron chi connectivity index (χ3n) is 2.72. The second kappa shape index (κ2) is 4.62. The Labute approximate surface area is 103 Å². The highest BCUT2D eigenvalue weighted by Gasteiger charge is 2.04. The van der Waals surface area contributed by atoms with Crippen molar-refractivity contribution in [2.24, 2.45) is 0 Å². The van der Waals surface area contributed by atoms with Gasteiger partial charge in [0.1, 0.15) is 0 Å². The van der Waals surface area contributed by atoms with Crippen molar-refractivity contribution in [3.63, 3.8) is 0 Å². The van der Waals surface area contributed by atoms with E-state index in [4.69, 9.17) is 0 Å². The van der Waals surface area contributed by atoms with Gasteiger partial charge in [-0.05, 0) is 51.0 Å². The molecule has 0 aliphatic rings. The van der Waals surface area contributed by atoms with Crippen molar-refractivity contribution < 1.29 is 0 Å². The topological polar surface area (TPSA) is 29.9 Å². The van der Waals surface area contributed by atoms with Crippen LogP contribution in [0.15, 0.2) is 24.4 Å². The van der Waals surface area contributed by atoms with E-state index in [1.54, 1.807) is 0 Å². The van der Waals surface area contributed by atoms with E-state index < -0.39 is 0 Å². The predicted molar refractivity (Wildman–Crippen MR) is 71.8 cm³/mol. The van der Waals surface area contributed by atoms with Gasteiger partial charge in [0, 0.05) is 18.4 Å². The normalized spacial score (nSPS) is 10.6. The summed E-state index contributed by atoms with van der Waals surface area (Å²) in [6, 6.07) is 6.44. The quantitative estimate of drug-likeness (QED) is 0.872. The van der Waals surface area contributed by atoms with E-state index in [0.717, 1.165) is 23.9 Å². The summed E-state index contributed by atoms with van der Waals surface area (Å²) in [6.45, 7) is 9.27. The van der Waals surface area contributed by atoms with Crippen molar-refractivity contribution in [3.8, 4) is 0 Å². The van der Waals surface area contributed by atoms with E-state index in [1.807, 2.05) is 6.92 Å². The number of rotatable bonds is 3. The van der Waals surface area contributed by atoms with Crippen LogP contribution < -0.4 is 5.32 Å². The molecule has 3 heteroatoms. The van der Waals surface area contributed by atoms with Crippen molar-refractivity contribution in [1.29, 1.82) is 0 Å². The van der Waals surface area contributed by atoms with Crippen LogP contribution in [-0.2, 0) is 6.54 Å². The van der Waals surface area contributed by atoms with E-state index >= 15 is 0 Å². The number of anilines is 2. The second-order valence-corrected chi connectivity index (χ2v) is 4.49. The molecule has 0 saturated heterocycles. The van der Waals surface area contributed by atoms with Gasteiger partial charge in [-0.3, -0.25) is 0 Å². The molecular weight excluding hydrogens is 210 g/mol. The largest absolute Gasteiger partial charge is 0.326 e. The monoisotopic (exact) mass is 229 g/mol. The fraction of sp³-hybridized carbons (Fsp3) is 0.357. The Morgan fingerprint density at radius 1 is 1.12 bits per heavy atom. The van der Waals surface area contributed by atoms with Crippen molar-refractivity contribution >= 4 is 11.6 Å². The molecule has 1 aromatic heterocycles.